The second kappa shape index (κ2) is 6.28. The highest BCUT2D eigenvalue weighted by atomic mass is 35.5. The highest BCUT2D eigenvalue weighted by Crippen LogP contribution is 2.44. The van der Waals surface area contributed by atoms with Crippen molar-refractivity contribution in [1.29, 1.82) is 0 Å². The first-order valence-corrected chi connectivity index (χ1v) is 8.40. The van der Waals surface area contributed by atoms with Crippen molar-refractivity contribution in [2.45, 2.75) is 65.0 Å². The van der Waals surface area contributed by atoms with E-state index in [0.29, 0.717) is 5.88 Å². The third kappa shape index (κ3) is 3.44. The maximum absolute atomic E-state index is 6.30. The van der Waals surface area contributed by atoms with Crippen molar-refractivity contribution in [2.24, 2.45) is 5.41 Å². The lowest BCUT2D eigenvalue weighted by Gasteiger charge is -2.52. The summed E-state index contributed by atoms with van der Waals surface area (Å²) >= 11 is 5.84. The molecular weight excluding hydrogens is 282 g/mol. The van der Waals surface area contributed by atoms with Crippen LogP contribution < -0.4 is 0 Å². The minimum Gasteiger partial charge on any atom is -0.291 e. The Morgan fingerprint density at radius 2 is 1.81 bits per heavy atom. The predicted molar refractivity (Wildman–Crippen MR) is 89.3 cm³/mol. The van der Waals surface area contributed by atoms with E-state index in [1.807, 2.05) is 0 Å². The molecule has 1 saturated heterocycles. The predicted octanol–water partition coefficient (Wildman–Crippen LogP) is 5.32. The molecule has 1 heterocycles. The minimum atomic E-state index is 0.0373. The molecule has 0 saturated carbocycles. The van der Waals surface area contributed by atoms with Crippen LogP contribution in [0.3, 0.4) is 0 Å². The highest BCUT2D eigenvalue weighted by Gasteiger charge is 2.45. The van der Waals surface area contributed by atoms with Gasteiger partial charge >= 0.3 is 0 Å². The van der Waals surface area contributed by atoms with Crippen molar-refractivity contribution >= 4 is 11.6 Å². The first-order chi connectivity index (χ1) is 9.78. The molecule has 2 rings (SSSR count). The summed E-state index contributed by atoms with van der Waals surface area (Å²) in [5.41, 5.74) is 2.64. The summed E-state index contributed by atoms with van der Waals surface area (Å²) in [6.45, 7) is 12.4. The SMILES string of the molecule is CC(ON1CCCC(C)(C)C1(C)C)c1ccc(CCl)cc1. The number of nitrogens with zero attached hydrogens (tertiary/aromatic N) is 1. The van der Waals surface area contributed by atoms with Crippen LogP contribution in [-0.4, -0.2) is 17.1 Å². The topological polar surface area (TPSA) is 12.5 Å². The normalized spacial score (nSPS) is 23.0. The molecule has 0 spiro atoms. The average Bonchev–Trinajstić information content (AvgIpc) is 2.44. The lowest BCUT2D eigenvalue weighted by molar-refractivity contribution is -0.281. The van der Waals surface area contributed by atoms with Crippen LogP contribution in [0.2, 0.25) is 0 Å². The van der Waals surface area contributed by atoms with E-state index < -0.39 is 0 Å². The summed E-state index contributed by atoms with van der Waals surface area (Å²) in [4.78, 5) is 6.30. The molecule has 1 aliphatic rings. The number of benzene rings is 1. The molecule has 1 fully saturated rings. The summed E-state index contributed by atoms with van der Waals surface area (Å²) in [7, 11) is 0. The lowest BCUT2D eigenvalue weighted by atomic mass is 9.69. The van der Waals surface area contributed by atoms with Gasteiger partial charge in [0, 0.05) is 18.0 Å². The smallest absolute Gasteiger partial charge is 0.101 e. The standard InChI is InChI=1S/C18H28ClNO/c1-14(16-9-7-15(13-19)8-10-16)21-20-12-6-11-17(2,3)18(20,4)5/h7-10,14H,6,11-13H2,1-5H3. The molecule has 0 radical (unpaired) electrons. The molecule has 1 aliphatic heterocycles. The number of hydrogen-bond donors (Lipinski definition) is 0. The molecule has 1 aromatic carbocycles. The number of piperidine rings is 1. The Bertz CT molecular complexity index is 467. The summed E-state index contributed by atoms with van der Waals surface area (Å²) < 4.78 is 0. The molecule has 1 atom stereocenters. The van der Waals surface area contributed by atoms with Crippen LogP contribution in [-0.2, 0) is 10.7 Å². The largest absolute Gasteiger partial charge is 0.291 e. The van der Waals surface area contributed by atoms with E-state index in [1.165, 1.54) is 18.4 Å². The van der Waals surface area contributed by atoms with Gasteiger partial charge in [0.1, 0.15) is 6.10 Å². The van der Waals surface area contributed by atoms with Crippen LogP contribution in [0.15, 0.2) is 24.3 Å². The van der Waals surface area contributed by atoms with Gasteiger partial charge < -0.3 is 0 Å². The van der Waals surface area contributed by atoms with Gasteiger partial charge in [-0.3, -0.25) is 4.84 Å². The van der Waals surface area contributed by atoms with Crippen LogP contribution >= 0.6 is 11.6 Å². The molecule has 1 aromatic rings. The summed E-state index contributed by atoms with van der Waals surface area (Å²) in [6, 6.07) is 8.38. The second-order valence-electron chi connectivity index (χ2n) is 7.27. The third-order valence-electron chi connectivity index (χ3n) is 5.33. The van der Waals surface area contributed by atoms with Crippen LogP contribution in [0.25, 0.3) is 0 Å². The zero-order valence-corrected chi connectivity index (χ0v) is 14.7. The van der Waals surface area contributed by atoms with Crippen molar-refractivity contribution in [3.05, 3.63) is 35.4 Å². The van der Waals surface area contributed by atoms with Crippen LogP contribution in [0, 0.1) is 5.41 Å². The van der Waals surface area contributed by atoms with E-state index in [4.69, 9.17) is 16.4 Å². The van der Waals surface area contributed by atoms with Gasteiger partial charge in [-0.2, -0.15) is 5.06 Å². The fraction of sp³-hybridized carbons (Fsp3) is 0.667. The molecular formula is C18H28ClNO. The van der Waals surface area contributed by atoms with Gasteiger partial charge in [-0.1, -0.05) is 38.1 Å². The second-order valence-corrected chi connectivity index (χ2v) is 7.54. The zero-order chi connectivity index (χ0) is 15.7. The lowest BCUT2D eigenvalue weighted by Crippen LogP contribution is -2.57. The number of halogens is 1. The monoisotopic (exact) mass is 309 g/mol. The molecule has 21 heavy (non-hydrogen) atoms. The first-order valence-electron chi connectivity index (χ1n) is 7.87. The Morgan fingerprint density at radius 1 is 1.19 bits per heavy atom. The molecule has 2 nitrogen and oxygen atoms in total. The van der Waals surface area contributed by atoms with E-state index in [2.05, 4.69) is 63.9 Å². The van der Waals surface area contributed by atoms with Crippen LogP contribution in [0.4, 0.5) is 0 Å². The van der Waals surface area contributed by atoms with Crippen molar-refractivity contribution in [3.8, 4) is 0 Å². The van der Waals surface area contributed by atoms with Crippen molar-refractivity contribution in [2.75, 3.05) is 6.54 Å². The van der Waals surface area contributed by atoms with Crippen LogP contribution in [0.5, 0.6) is 0 Å². The maximum Gasteiger partial charge on any atom is 0.101 e. The molecule has 0 amide bonds. The third-order valence-corrected chi connectivity index (χ3v) is 5.64. The molecule has 118 valence electrons. The fourth-order valence-electron chi connectivity index (χ4n) is 2.90. The molecule has 1 unspecified atom stereocenters. The number of rotatable bonds is 4. The summed E-state index contributed by atoms with van der Waals surface area (Å²) in [5, 5.41) is 2.19. The fourth-order valence-corrected chi connectivity index (χ4v) is 3.08. The zero-order valence-electron chi connectivity index (χ0n) is 13.9. The average molecular weight is 310 g/mol. The Hall–Kier alpha value is -0.570. The van der Waals surface area contributed by atoms with Crippen LogP contribution in [0.1, 0.15) is 64.7 Å². The Balaban J connectivity index is 2.09. The quantitative estimate of drug-likeness (QED) is 0.698. The van der Waals surface area contributed by atoms with Gasteiger partial charge in [-0.15, -0.1) is 11.6 Å². The van der Waals surface area contributed by atoms with Gasteiger partial charge in [0.2, 0.25) is 0 Å². The summed E-state index contributed by atoms with van der Waals surface area (Å²) in [5.74, 6) is 0.558. The Kier molecular flexibility index (Phi) is 5.02. The van der Waals surface area contributed by atoms with Crippen molar-refractivity contribution < 1.29 is 4.84 Å². The molecule has 0 N–H and O–H groups in total. The van der Waals surface area contributed by atoms with Gasteiger partial charge in [0.25, 0.3) is 0 Å². The van der Waals surface area contributed by atoms with E-state index in [9.17, 15) is 0 Å². The number of alkyl halides is 1. The van der Waals surface area contributed by atoms with Gasteiger partial charge in [-0.25, -0.2) is 0 Å². The highest BCUT2D eigenvalue weighted by molar-refractivity contribution is 6.17. The van der Waals surface area contributed by atoms with Crippen molar-refractivity contribution in [1.82, 2.24) is 5.06 Å². The number of hydrogen-bond acceptors (Lipinski definition) is 2. The molecule has 0 bridgehead atoms. The van der Waals surface area contributed by atoms with E-state index in [1.54, 1.807) is 0 Å². The minimum absolute atomic E-state index is 0.0373. The Morgan fingerprint density at radius 3 is 2.38 bits per heavy atom. The Labute approximate surface area is 134 Å². The van der Waals surface area contributed by atoms with E-state index >= 15 is 0 Å². The van der Waals surface area contributed by atoms with E-state index in [-0.39, 0.29) is 17.1 Å². The summed E-state index contributed by atoms with van der Waals surface area (Å²) in [6.07, 6.45) is 2.50. The van der Waals surface area contributed by atoms with Gasteiger partial charge in [0.05, 0.1) is 0 Å². The molecule has 0 aliphatic carbocycles. The van der Waals surface area contributed by atoms with Crippen molar-refractivity contribution in [3.63, 3.8) is 0 Å². The van der Waals surface area contributed by atoms with Gasteiger partial charge in [-0.05, 0) is 50.2 Å². The molecule has 0 aromatic heterocycles. The maximum atomic E-state index is 6.30. The van der Waals surface area contributed by atoms with Gasteiger partial charge in [0.15, 0.2) is 0 Å². The first kappa shape index (κ1) is 16.8. The van der Waals surface area contributed by atoms with E-state index in [0.717, 1.165) is 12.1 Å². The molecule has 3 heteroatoms. The number of hydroxylamine groups is 2.